The average molecular weight is 476 g/mol. The standard InChI is InChI=1S/C23H23Cl2N3O4/c1-27-17-12-28(10-9-13-7-8-14(24)11-16(13)25)22(29)19(17)20(26-23(27)30)15-5-4-6-18(31-2)21(15)32-3/h4-8,11,20H,9-10,12H2,1-3H3,(H,26,30). The first-order valence-electron chi connectivity index (χ1n) is 10.1. The molecule has 4 rings (SSSR count). The number of hydrogen-bond acceptors (Lipinski definition) is 4. The average Bonchev–Trinajstić information content (AvgIpc) is 3.11. The van der Waals surface area contributed by atoms with E-state index in [0.29, 0.717) is 57.9 Å². The third-order valence-corrected chi connectivity index (χ3v) is 6.43. The predicted octanol–water partition coefficient (Wildman–Crippen LogP) is 4.05. The minimum absolute atomic E-state index is 0.133. The normalized spacial score (nSPS) is 18.1. The summed E-state index contributed by atoms with van der Waals surface area (Å²) in [4.78, 5) is 29.4. The lowest BCUT2D eigenvalue weighted by Gasteiger charge is -2.31. The lowest BCUT2D eigenvalue weighted by molar-refractivity contribution is -0.125. The van der Waals surface area contributed by atoms with Crippen molar-refractivity contribution >= 4 is 35.1 Å². The van der Waals surface area contributed by atoms with Crippen LogP contribution in [0.1, 0.15) is 17.2 Å². The summed E-state index contributed by atoms with van der Waals surface area (Å²) in [5, 5.41) is 4.06. The molecule has 9 heteroatoms. The fraction of sp³-hybridized carbons (Fsp3) is 0.304. The van der Waals surface area contributed by atoms with Crippen molar-refractivity contribution in [3.05, 3.63) is 68.8 Å². The molecule has 1 N–H and O–H groups in total. The van der Waals surface area contributed by atoms with Gasteiger partial charge in [0.2, 0.25) is 0 Å². The Labute approximate surface area is 196 Å². The second kappa shape index (κ2) is 8.92. The monoisotopic (exact) mass is 475 g/mol. The number of amides is 3. The second-order valence-electron chi connectivity index (χ2n) is 7.60. The first kappa shape index (κ1) is 22.3. The highest BCUT2D eigenvalue weighted by Crippen LogP contribution is 2.42. The molecule has 2 aromatic rings. The van der Waals surface area contributed by atoms with E-state index < -0.39 is 6.04 Å². The Balaban J connectivity index is 1.64. The van der Waals surface area contributed by atoms with E-state index in [-0.39, 0.29) is 11.9 Å². The molecule has 0 fully saturated rings. The number of urea groups is 1. The van der Waals surface area contributed by atoms with Gasteiger partial charge >= 0.3 is 6.03 Å². The number of nitrogens with zero attached hydrogens (tertiary/aromatic N) is 2. The van der Waals surface area contributed by atoms with Crippen LogP contribution in [0.15, 0.2) is 47.7 Å². The molecular weight excluding hydrogens is 453 g/mol. The molecule has 2 heterocycles. The van der Waals surface area contributed by atoms with Crippen LogP contribution in [0.4, 0.5) is 4.79 Å². The van der Waals surface area contributed by atoms with Crippen LogP contribution in [0.25, 0.3) is 0 Å². The van der Waals surface area contributed by atoms with Gasteiger partial charge < -0.3 is 19.7 Å². The van der Waals surface area contributed by atoms with Crippen LogP contribution in [0.2, 0.25) is 10.0 Å². The maximum absolute atomic E-state index is 13.5. The zero-order valence-corrected chi connectivity index (χ0v) is 19.5. The van der Waals surface area contributed by atoms with Crippen LogP contribution in [-0.2, 0) is 11.2 Å². The van der Waals surface area contributed by atoms with Crippen molar-refractivity contribution in [3.8, 4) is 11.5 Å². The molecule has 0 saturated carbocycles. The Morgan fingerprint density at radius 3 is 2.59 bits per heavy atom. The predicted molar refractivity (Wildman–Crippen MR) is 122 cm³/mol. The molecule has 2 aliphatic rings. The summed E-state index contributed by atoms with van der Waals surface area (Å²) in [5.74, 6) is 0.878. The third-order valence-electron chi connectivity index (χ3n) is 5.85. The van der Waals surface area contributed by atoms with E-state index in [1.165, 1.54) is 12.0 Å². The van der Waals surface area contributed by atoms with Gasteiger partial charge in [-0.25, -0.2) is 4.79 Å². The van der Waals surface area contributed by atoms with Gasteiger partial charge in [-0.3, -0.25) is 9.69 Å². The number of likely N-dealkylation sites (N-methyl/N-ethyl adjacent to an activating group) is 1. The molecule has 3 amide bonds. The van der Waals surface area contributed by atoms with Crippen LogP contribution < -0.4 is 14.8 Å². The van der Waals surface area contributed by atoms with Crippen molar-refractivity contribution in [3.63, 3.8) is 0 Å². The number of methoxy groups -OCH3 is 2. The quantitative estimate of drug-likeness (QED) is 0.683. The number of nitrogens with one attached hydrogen (secondary N) is 1. The molecule has 1 unspecified atom stereocenters. The first-order chi connectivity index (χ1) is 15.3. The minimum Gasteiger partial charge on any atom is -0.493 e. The molecule has 0 saturated heterocycles. The molecular formula is C23H23Cl2N3O4. The zero-order chi connectivity index (χ0) is 23.0. The molecule has 0 aromatic heterocycles. The molecule has 0 aliphatic carbocycles. The Kier molecular flexibility index (Phi) is 6.22. The van der Waals surface area contributed by atoms with Crippen molar-refractivity contribution in [2.45, 2.75) is 12.5 Å². The summed E-state index contributed by atoms with van der Waals surface area (Å²) in [6.07, 6.45) is 0.570. The van der Waals surface area contributed by atoms with Gasteiger partial charge in [-0.2, -0.15) is 0 Å². The van der Waals surface area contributed by atoms with Crippen molar-refractivity contribution in [2.75, 3.05) is 34.4 Å². The zero-order valence-electron chi connectivity index (χ0n) is 17.9. The molecule has 1 atom stereocenters. The highest BCUT2D eigenvalue weighted by atomic mass is 35.5. The maximum Gasteiger partial charge on any atom is 0.322 e. The van der Waals surface area contributed by atoms with E-state index >= 15 is 0 Å². The van der Waals surface area contributed by atoms with E-state index in [0.717, 1.165) is 5.56 Å². The number of carbonyl (C=O) groups excluding carboxylic acids is 2. The van der Waals surface area contributed by atoms with E-state index in [1.54, 1.807) is 43.3 Å². The van der Waals surface area contributed by atoms with Crippen LogP contribution in [0.3, 0.4) is 0 Å². The number of benzene rings is 2. The van der Waals surface area contributed by atoms with E-state index in [2.05, 4.69) is 5.32 Å². The summed E-state index contributed by atoms with van der Waals surface area (Å²) in [6, 6.07) is 9.80. The molecule has 2 aliphatic heterocycles. The summed E-state index contributed by atoms with van der Waals surface area (Å²) >= 11 is 12.3. The molecule has 32 heavy (non-hydrogen) atoms. The van der Waals surface area contributed by atoms with E-state index in [1.807, 2.05) is 12.1 Å². The molecule has 0 spiro atoms. The Morgan fingerprint density at radius 2 is 1.91 bits per heavy atom. The number of hydrogen-bond donors (Lipinski definition) is 1. The Morgan fingerprint density at radius 1 is 1.12 bits per heavy atom. The third kappa shape index (κ3) is 3.87. The van der Waals surface area contributed by atoms with Gasteiger partial charge in [0.25, 0.3) is 5.91 Å². The summed E-state index contributed by atoms with van der Waals surface area (Å²) < 4.78 is 11.0. The van der Waals surface area contributed by atoms with Crippen LogP contribution in [-0.4, -0.2) is 56.1 Å². The smallest absolute Gasteiger partial charge is 0.322 e. The molecule has 0 bridgehead atoms. The largest absolute Gasteiger partial charge is 0.493 e. The SMILES string of the molecule is COc1cccc(C2NC(=O)N(C)C3=C2C(=O)N(CCc2ccc(Cl)cc2Cl)C3)c1OC. The van der Waals surface area contributed by atoms with Crippen molar-refractivity contribution in [1.82, 2.24) is 15.1 Å². The Bertz CT molecular complexity index is 1120. The molecule has 7 nitrogen and oxygen atoms in total. The topological polar surface area (TPSA) is 71.1 Å². The lowest BCUT2D eigenvalue weighted by Crippen LogP contribution is -2.45. The van der Waals surface area contributed by atoms with E-state index in [4.69, 9.17) is 32.7 Å². The van der Waals surface area contributed by atoms with Gasteiger partial charge in [-0.15, -0.1) is 0 Å². The van der Waals surface area contributed by atoms with Crippen molar-refractivity contribution in [1.29, 1.82) is 0 Å². The Hall–Kier alpha value is -2.90. The van der Waals surface area contributed by atoms with Crippen molar-refractivity contribution < 1.29 is 19.1 Å². The van der Waals surface area contributed by atoms with Crippen molar-refractivity contribution in [2.24, 2.45) is 0 Å². The number of halogens is 2. The second-order valence-corrected chi connectivity index (χ2v) is 8.44. The van der Waals surface area contributed by atoms with Crippen LogP contribution in [0.5, 0.6) is 11.5 Å². The highest BCUT2D eigenvalue weighted by Gasteiger charge is 2.43. The maximum atomic E-state index is 13.5. The number of para-hydroxylation sites is 1. The van der Waals surface area contributed by atoms with Gasteiger partial charge in [0.1, 0.15) is 0 Å². The molecule has 168 valence electrons. The number of rotatable bonds is 6. The van der Waals surface area contributed by atoms with Crippen LogP contribution in [0, 0.1) is 0 Å². The highest BCUT2D eigenvalue weighted by molar-refractivity contribution is 6.35. The lowest BCUT2D eigenvalue weighted by atomic mass is 9.94. The van der Waals surface area contributed by atoms with Gasteiger partial charge in [0, 0.05) is 29.2 Å². The minimum atomic E-state index is -0.643. The van der Waals surface area contributed by atoms with Gasteiger partial charge in [0.15, 0.2) is 11.5 Å². The number of carbonyl (C=O) groups is 2. The summed E-state index contributed by atoms with van der Waals surface area (Å²) in [5.41, 5.74) is 2.77. The fourth-order valence-electron chi connectivity index (χ4n) is 4.16. The number of ether oxygens (including phenoxy) is 2. The van der Waals surface area contributed by atoms with Crippen LogP contribution >= 0.6 is 23.2 Å². The van der Waals surface area contributed by atoms with Gasteiger partial charge in [-0.05, 0) is 30.2 Å². The van der Waals surface area contributed by atoms with Gasteiger partial charge in [-0.1, -0.05) is 41.4 Å². The van der Waals surface area contributed by atoms with E-state index in [9.17, 15) is 9.59 Å². The fourth-order valence-corrected chi connectivity index (χ4v) is 4.66. The first-order valence-corrected chi connectivity index (χ1v) is 10.8. The summed E-state index contributed by atoms with van der Waals surface area (Å²) in [7, 11) is 4.74. The van der Waals surface area contributed by atoms with Gasteiger partial charge in [0.05, 0.1) is 38.1 Å². The summed E-state index contributed by atoms with van der Waals surface area (Å²) in [6.45, 7) is 0.795. The molecule has 0 radical (unpaired) electrons. The molecule has 2 aromatic carbocycles.